The minimum atomic E-state index is -0.136. The van der Waals surface area contributed by atoms with Crippen molar-refractivity contribution in [3.8, 4) is 0 Å². The molecule has 0 aliphatic rings. The molecule has 98 valence electrons. The fraction of sp³-hybridized carbons (Fsp3) is 0.133. The van der Waals surface area contributed by atoms with Crippen LogP contribution in [0.15, 0.2) is 47.9 Å². The highest BCUT2D eigenvalue weighted by molar-refractivity contribution is 7.10. The van der Waals surface area contributed by atoms with Gasteiger partial charge in [-0.05, 0) is 35.2 Å². The summed E-state index contributed by atoms with van der Waals surface area (Å²) in [6, 6.07) is 11.5. The smallest absolute Gasteiger partial charge is 0.248 e. The largest absolute Gasteiger partial charge is 0.380 e. The maximum absolute atomic E-state index is 11.8. The standard InChI is InChI=1S/C15H15NO2S/c1-18-11-12-4-2-5-13(10-12)16-15(17)8-7-14-6-3-9-19-14/h2-10H,11H2,1H3,(H,16,17)/b8-7+. The van der Waals surface area contributed by atoms with Crippen LogP contribution in [0, 0.1) is 0 Å². The Balaban J connectivity index is 1.96. The van der Waals surface area contributed by atoms with Gasteiger partial charge in [-0.2, -0.15) is 0 Å². The van der Waals surface area contributed by atoms with Gasteiger partial charge in [0, 0.05) is 23.8 Å². The van der Waals surface area contributed by atoms with Crippen LogP contribution in [0.1, 0.15) is 10.4 Å². The molecule has 0 spiro atoms. The van der Waals surface area contributed by atoms with E-state index in [1.807, 2.05) is 41.8 Å². The molecule has 0 bridgehead atoms. The number of thiophene rings is 1. The number of methoxy groups -OCH3 is 1. The summed E-state index contributed by atoms with van der Waals surface area (Å²) in [4.78, 5) is 12.8. The van der Waals surface area contributed by atoms with E-state index in [0.29, 0.717) is 6.61 Å². The van der Waals surface area contributed by atoms with E-state index >= 15 is 0 Å². The van der Waals surface area contributed by atoms with Crippen LogP contribution in [-0.4, -0.2) is 13.0 Å². The second-order valence-corrected chi connectivity index (χ2v) is 4.95. The summed E-state index contributed by atoms with van der Waals surface area (Å²) >= 11 is 1.60. The van der Waals surface area contributed by atoms with Gasteiger partial charge in [0.2, 0.25) is 5.91 Å². The monoisotopic (exact) mass is 273 g/mol. The third kappa shape index (κ3) is 4.35. The number of hydrogen-bond acceptors (Lipinski definition) is 3. The molecule has 2 aromatic rings. The van der Waals surface area contributed by atoms with Crippen LogP contribution in [0.3, 0.4) is 0 Å². The average molecular weight is 273 g/mol. The van der Waals surface area contributed by atoms with Gasteiger partial charge in [-0.1, -0.05) is 18.2 Å². The number of benzene rings is 1. The highest BCUT2D eigenvalue weighted by Crippen LogP contribution is 2.13. The molecule has 0 aliphatic heterocycles. The Morgan fingerprint density at radius 3 is 3.00 bits per heavy atom. The van der Waals surface area contributed by atoms with Gasteiger partial charge in [-0.15, -0.1) is 11.3 Å². The zero-order chi connectivity index (χ0) is 13.5. The van der Waals surface area contributed by atoms with E-state index in [1.54, 1.807) is 24.5 Å². The van der Waals surface area contributed by atoms with Crippen molar-refractivity contribution in [3.63, 3.8) is 0 Å². The minimum absolute atomic E-state index is 0.136. The van der Waals surface area contributed by atoms with Crippen LogP contribution < -0.4 is 5.32 Å². The summed E-state index contributed by atoms with van der Waals surface area (Å²) in [6.45, 7) is 0.536. The van der Waals surface area contributed by atoms with Gasteiger partial charge in [-0.3, -0.25) is 4.79 Å². The molecule has 19 heavy (non-hydrogen) atoms. The fourth-order valence-corrected chi connectivity index (χ4v) is 2.25. The Morgan fingerprint density at radius 1 is 1.37 bits per heavy atom. The Morgan fingerprint density at radius 2 is 2.26 bits per heavy atom. The fourth-order valence-electron chi connectivity index (χ4n) is 1.63. The highest BCUT2D eigenvalue weighted by atomic mass is 32.1. The number of nitrogens with one attached hydrogen (secondary N) is 1. The lowest BCUT2D eigenvalue weighted by molar-refractivity contribution is -0.111. The first kappa shape index (κ1) is 13.5. The molecule has 1 aromatic heterocycles. The molecule has 0 saturated heterocycles. The van der Waals surface area contributed by atoms with Crippen LogP contribution >= 0.6 is 11.3 Å². The van der Waals surface area contributed by atoms with Gasteiger partial charge in [0.05, 0.1) is 6.61 Å². The number of carbonyl (C=O) groups is 1. The zero-order valence-electron chi connectivity index (χ0n) is 10.6. The molecule has 0 radical (unpaired) electrons. The lowest BCUT2D eigenvalue weighted by Gasteiger charge is -2.04. The molecular weight excluding hydrogens is 258 g/mol. The molecule has 0 saturated carbocycles. The van der Waals surface area contributed by atoms with Gasteiger partial charge in [0.25, 0.3) is 0 Å². The SMILES string of the molecule is COCc1cccc(NC(=O)/C=C/c2cccs2)c1. The van der Waals surface area contributed by atoms with Crippen LogP contribution in [0.25, 0.3) is 6.08 Å². The van der Waals surface area contributed by atoms with Gasteiger partial charge in [0.15, 0.2) is 0 Å². The molecule has 1 heterocycles. The summed E-state index contributed by atoms with van der Waals surface area (Å²) in [6.07, 6.45) is 3.34. The minimum Gasteiger partial charge on any atom is -0.380 e. The van der Waals surface area contributed by atoms with Crippen molar-refractivity contribution in [2.45, 2.75) is 6.61 Å². The maximum Gasteiger partial charge on any atom is 0.248 e. The molecule has 1 aromatic carbocycles. The van der Waals surface area contributed by atoms with Crippen molar-refractivity contribution in [2.24, 2.45) is 0 Å². The highest BCUT2D eigenvalue weighted by Gasteiger charge is 1.99. The molecule has 0 fully saturated rings. The molecule has 2 rings (SSSR count). The molecule has 0 aliphatic carbocycles. The van der Waals surface area contributed by atoms with Crippen molar-refractivity contribution in [2.75, 3.05) is 12.4 Å². The number of amides is 1. The number of anilines is 1. The summed E-state index contributed by atoms with van der Waals surface area (Å²) in [7, 11) is 1.65. The molecule has 3 nitrogen and oxygen atoms in total. The van der Waals surface area contributed by atoms with Crippen LogP contribution in [0.4, 0.5) is 5.69 Å². The second kappa shape index (κ2) is 6.87. The normalized spacial score (nSPS) is 10.8. The van der Waals surface area contributed by atoms with E-state index in [9.17, 15) is 4.79 Å². The van der Waals surface area contributed by atoms with E-state index < -0.39 is 0 Å². The number of hydrogen-bond donors (Lipinski definition) is 1. The van der Waals surface area contributed by atoms with E-state index in [2.05, 4.69) is 5.32 Å². The van der Waals surface area contributed by atoms with Crippen molar-refractivity contribution < 1.29 is 9.53 Å². The maximum atomic E-state index is 11.8. The van der Waals surface area contributed by atoms with Crippen molar-refractivity contribution >= 4 is 29.0 Å². The predicted octanol–water partition coefficient (Wildman–Crippen LogP) is 3.55. The van der Waals surface area contributed by atoms with Crippen molar-refractivity contribution in [1.29, 1.82) is 0 Å². The van der Waals surface area contributed by atoms with Gasteiger partial charge < -0.3 is 10.1 Å². The van der Waals surface area contributed by atoms with E-state index in [0.717, 1.165) is 16.1 Å². The Hall–Kier alpha value is -1.91. The average Bonchev–Trinajstić information content (AvgIpc) is 2.90. The van der Waals surface area contributed by atoms with Gasteiger partial charge in [0.1, 0.15) is 0 Å². The molecule has 0 atom stereocenters. The van der Waals surface area contributed by atoms with Crippen LogP contribution in [0.2, 0.25) is 0 Å². The van der Waals surface area contributed by atoms with Crippen molar-refractivity contribution in [3.05, 3.63) is 58.3 Å². The van der Waals surface area contributed by atoms with Crippen LogP contribution in [-0.2, 0) is 16.1 Å². The topological polar surface area (TPSA) is 38.3 Å². The first-order chi connectivity index (χ1) is 9.28. The zero-order valence-corrected chi connectivity index (χ0v) is 11.4. The van der Waals surface area contributed by atoms with E-state index in [4.69, 9.17) is 4.74 Å². The van der Waals surface area contributed by atoms with E-state index in [1.165, 1.54) is 6.08 Å². The summed E-state index contributed by atoms with van der Waals surface area (Å²) in [5, 5.41) is 4.80. The number of carbonyl (C=O) groups excluding carboxylic acids is 1. The lowest BCUT2D eigenvalue weighted by Crippen LogP contribution is -2.07. The van der Waals surface area contributed by atoms with Gasteiger partial charge in [-0.25, -0.2) is 0 Å². The lowest BCUT2D eigenvalue weighted by atomic mass is 10.2. The second-order valence-electron chi connectivity index (χ2n) is 3.97. The quantitative estimate of drug-likeness (QED) is 0.846. The van der Waals surface area contributed by atoms with Crippen LogP contribution in [0.5, 0.6) is 0 Å². The third-order valence-electron chi connectivity index (χ3n) is 2.45. The predicted molar refractivity (Wildman–Crippen MR) is 79.1 cm³/mol. The molecular formula is C15H15NO2S. The third-order valence-corrected chi connectivity index (χ3v) is 3.29. The number of rotatable bonds is 5. The summed E-state index contributed by atoms with van der Waals surface area (Å²) < 4.78 is 5.06. The van der Waals surface area contributed by atoms with E-state index in [-0.39, 0.29) is 5.91 Å². The Bertz CT molecular complexity index is 561. The molecule has 4 heteroatoms. The van der Waals surface area contributed by atoms with Crippen molar-refractivity contribution in [1.82, 2.24) is 0 Å². The first-order valence-corrected chi connectivity index (χ1v) is 6.76. The summed E-state index contributed by atoms with van der Waals surface area (Å²) in [5.74, 6) is -0.136. The van der Waals surface area contributed by atoms with Gasteiger partial charge >= 0.3 is 0 Å². The number of ether oxygens (including phenoxy) is 1. The Kier molecular flexibility index (Phi) is 4.89. The Labute approximate surface area is 116 Å². The molecule has 0 unspecified atom stereocenters. The molecule has 1 N–H and O–H groups in total. The first-order valence-electron chi connectivity index (χ1n) is 5.88. The summed E-state index contributed by atoms with van der Waals surface area (Å²) in [5.41, 5.74) is 1.80. The molecule has 1 amide bonds.